The van der Waals surface area contributed by atoms with Crippen LogP contribution < -0.4 is 4.74 Å². The molecule has 0 aromatic heterocycles. The van der Waals surface area contributed by atoms with Gasteiger partial charge in [-0.15, -0.1) is 0 Å². The monoisotopic (exact) mass is 374 g/mol. The van der Waals surface area contributed by atoms with E-state index in [4.69, 9.17) is 4.74 Å². The number of carbonyl (C=O) groups is 1. The van der Waals surface area contributed by atoms with Crippen molar-refractivity contribution < 1.29 is 18.3 Å². The quantitative estimate of drug-likeness (QED) is 0.604. The lowest BCUT2D eigenvalue weighted by molar-refractivity contribution is 0.103. The van der Waals surface area contributed by atoms with Crippen LogP contribution in [0, 0.1) is 15.2 Å². The number of rotatable bonds is 3. The van der Waals surface area contributed by atoms with Crippen LogP contribution in [0.5, 0.6) is 5.75 Å². The maximum atomic E-state index is 13.2. The summed E-state index contributed by atoms with van der Waals surface area (Å²) in [6.45, 7) is 0. The van der Waals surface area contributed by atoms with Gasteiger partial charge in [0.25, 0.3) is 0 Å². The van der Waals surface area contributed by atoms with Gasteiger partial charge in [-0.25, -0.2) is 8.78 Å². The zero-order valence-electron chi connectivity index (χ0n) is 9.91. The van der Waals surface area contributed by atoms with Crippen LogP contribution in [0.1, 0.15) is 15.9 Å². The van der Waals surface area contributed by atoms with Crippen molar-refractivity contribution in [1.82, 2.24) is 0 Å². The van der Waals surface area contributed by atoms with Gasteiger partial charge in [0.05, 0.1) is 12.7 Å². The summed E-state index contributed by atoms with van der Waals surface area (Å²) in [6.07, 6.45) is 0. The first kappa shape index (κ1) is 13.9. The first-order valence-corrected chi connectivity index (χ1v) is 6.44. The maximum Gasteiger partial charge on any atom is 0.196 e. The molecule has 2 aromatic rings. The minimum Gasteiger partial charge on any atom is -0.496 e. The number of halogens is 3. The third-order valence-electron chi connectivity index (χ3n) is 2.59. The third-order valence-corrected chi connectivity index (χ3v) is 3.26. The molecular formula is C14H9F2IO2. The summed E-state index contributed by atoms with van der Waals surface area (Å²) in [5, 5.41) is 0. The molecule has 2 rings (SSSR count). The average molecular weight is 374 g/mol. The lowest BCUT2D eigenvalue weighted by Crippen LogP contribution is -2.05. The molecule has 0 fully saturated rings. The van der Waals surface area contributed by atoms with Gasteiger partial charge in [-0.3, -0.25) is 4.79 Å². The topological polar surface area (TPSA) is 26.3 Å². The second-order valence-corrected chi connectivity index (χ2v) is 5.05. The van der Waals surface area contributed by atoms with Gasteiger partial charge in [0.1, 0.15) is 5.75 Å². The Hall–Kier alpha value is -1.50. The summed E-state index contributed by atoms with van der Waals surface area (Å²) in [7, 11) is 1.45. The minimum absolute atomic E-state index is 0.0826. The molecule has 98 valence electrons. The van der Waals surface area contributed by atoms with Crippen LogP contribution in [0.4, 0.5) is 8.78 Å². The molecule has 0 aliphatic rings. The summed E-state index contributed by atoms with van der Waals surface area (Å²) in [5.41, 5.74) is 0.402. The summed E-state index contributed by atoms with van der Waals surface area (Å²) in [6, 6.07) is 8.17. The Labute approximate surface area is 122 Å². The minimum atomic E-state index is -1.05. The van der Waals surface area contributed by atoms with Crippen molar-refractivity contribution in [1.29, 1.82) is 0 Å². The van der Waals surface area contributed by atoms with Crippen LogP contribution in [0.2, 0.25) is 0 Å². The fourth-order valence-corrected chi connectivity index (χ4v) is 2.14. The van der Waals surface area contributed by atoms with Gasteiger partial charge >= 0.3 is 0 Å². The smallest absolute Gasteiger partial charge is 0.196 e. The van der Waals surface area contributed by atoms with E-state index in [0.29, 0.717) is 11.3 Å². The van der Waals surface area contributed by atoms with Crippen molar-refractivity contribution in [2.75, 3.05) is 7.11 Å². The highest BCUT2D eigenvalue weighted by Gasteiger charge is 2.16. The highest BCUT2D eigenvalue weighted by molar-refractivity contribution is 14.1. The lowest BCUT2D eigenvalue weighted by Gasteiger charge is -2.08. The van der Waals surface area contributed by atoms with Gasteiger partial charge in [-0.2, -0.15) is 0 Å². The largest absolute Gasteiger partial charge is 0.496 e. The Morgan fingerprint density at radius 2 is 1.84 bits per heavy atom. The molecule has 0 radical (unpaired) electrons. The van der Waals surface area contributed by atoms with Gasteiger partial charge in [0.15, 0.2) is 17.4 Å². The highest BCUT2D eigenvalue weighted by atomic mass is 127. The van der Waals surface area contributed by atoms with E-state index in [2.05, 4.69) is 22.6 Å². The number of ether oxygens (including phenoxy) is 1. The molecule has 0 unspecified atom stereocenters. The average Bonchev–Trinajstić information content (AvgIpc) is 2.41. The van der Waals surface area contributed by atoms with Crippen LogP contribution in [0.25, 0.3) is 0 Å². The Morgan fingerprint density at radius 1 is 1.11 bits per heavy atom. The SMILES string of the molecule is COc1ccc(I)cc1C(=O)c1ccc(F)c(F)c1. The van der Waals surface area contributed by atoms with Crippen LogP contribution in [0.3, 0.4) is 0 Å². The number of benzene rings is 2. The van der Waals surface area contributed by atoms with Crippen molar-refractivity contribution in [2.24, 2.45) is 0 Å². The summed E-state index contributed by atoms with van der Waals surface area (Å²) < 4.78 is 32.0. The van der Waals surface area contributed by atoms with Gasteiger partial charge in [0, 0.05) is 9.13 Å². The first-order chi connectivity index (χ1) is 9.02. The predicted octanol–water partition coefficient (Wildman–Crippen LogP) is 3.81. The van der Waals surface area contributed by atoms with Crippen molar-refractivity contribution >= 4 is 28.4 Å². The Bertz CT molecular complexity index is 641. The number of methoxy groups -OCH3 is 1. The first-order valence-electron chi connectivity index (χ1n) is 5.36. The van der Waals surface area contributed by atoms with Crippen LogP contribution in [0.15, 0.2) is 36.4 Å². The number of carbonyl (C=O) groups excluding carboxylic acids is 1. The van der Waals surface area contributed by atoms with E-state index < -0.39 is 17.4 Å². The zero-order valence-corrected chi connectivity index (χ0v) is 12.1. The van der Waals surface area contributed by atoms with Crippen LogP contribution >= 0.6 is 22.6 Å². The Balaban J connectivity index is 2.49. The van der Waals surface area contributed by atoms with E-state index in [1.165, 1.54) is 13.2 Å². The highest BCUT2D eigenvalue weighted by Crippen LogP contribution is 2.24. The van der Waals surface area contributed by atoms with Crippen molar-refractivity contribution in [3.8, 4) is 5.75 Å². The molecule has 0 aliphatic carbocycles. The van der Waals surface area contributed by atoms with Crippen LogP contribution in [-0.2, 0) is 0 Å². The second kappa shape index (κ2) is 5.64. The number of ketones is 1. The van der Waals surface area contributed by atoms with Gasteiger partial charge < -0.3 is 4.74 Å². The molecule has 0 N–H and O–H groups in total. The molecule has 0 amide bonds. The standard InChI is InChI=1S/C14H9F2IO2/c1-19-13-5-3-9(17)7-10(13)14(18)8-2-4-11(15)12(16)6-8/h2-7H,1H3. The van der Waals surface area contributed by atoms with Crippen molar-refractivity contribution in [2.45, 2.75) is 0 Å². The summed E-state index contributed by atoms with van der Waals surface area (Å²) in [4.78, 5) is 12.3. The molecule has 0 bridgehead atoms. The molecule has 19 heavy (non-hydrogen) atoms. The molecular weight excluding hydrogens is 365 g/mol. The molecule has 0 atom stereocenters. The lowest BCUT2D eigenvalue weighted by atomic mass is 10.0. The van der Waals surface area contributed by atoms with E-state index in [9.17, 15) is 13.6 Å². The Morgan fingerprint density at radius 3 is 2.47 bits per heavy atom. The number of hydrogen-bond acceptors (Lipinski definition) is 2. The molecule has 5 heteroatoms. The van der Waals surface area contributed by atoms with E-state index in [1.54, 1.807) is 18.2 Å². The molecule has 0 saturated heterocycles. The molecule has 0 aliphatic heterocycles. The van der Waals surface area contributed by atoms with E-state index in [-0.39, 0.29) is 5.56 Å². The van der Waals surface area contributed by atoms with Crippen molar-refractivity contribution in [3.05, 3.63) is 62.7 Å². The van der Waals surface area contributed by atoms with Gasteiger partial charge in [-0.05, 0) is 59.0 Å². The third kappa shape index (κ3) is 2.91. The summed E-state index contributed by atoms with van der Waals surface area (Å²) in [5.74, 6) is -2.04. The fraction of sp³-hybridized carbons (Fsp3) is 0.0714. The maximum absolute atomic E-state index is 13.2. The van der Waals surface area contributed by atoms with Gasteiger partial charge in [0.2, 0.25) is 0 Å². The van der Waals surface area contributed by atoms with Gasteiger partial charge in [-0.1, -0.05) is 0 Å². The number of hydrogen-bond donors (Lipinski definition) is 0. The molecule has 2 aromatic carbocycles. The van der Waals surface area contributed by atoms with Crippen LogP contribution in [-0.4, -0.2) is 12.9 Å². The second-order valence-electron chi connectivity index (χ2n) is 3.80. The van der Waals surface area contributed by atoms with E-state index >= 15 is 0 Å². The van der Waals surface area contributed by atoms with E-state index in [1.807, 2.05) is 0 Å². The molecule has 0 spiro atoms. The molecule has 2 nitrogen and oxygen atoms in total. The van der Waals surface area contributed by atoms with Crippen molar-refractivity contribution in [3.63, 3.8) is 0 Å². The fourth-order valence-electron chi connectivity index (χ4n) is 1.65. The summed E-state index contributed by atoms with van der Waals surface area (Å²) >= 11 is 2.06. The van der Waals surface area contributed by atoms with E-state index in [0.717, 1.165) is 15.7 Å². The Kier molecular flexibility index (Phi) is 4.14. The molecule has 0 heterocycles. The zero-order chi connectivity index (χ0) is 14.0. The molecule has 0 saturated carbocycles. The predicted molar refractivity (Wildman–Crippen MR) is 75.5 cm³/mol. The normalized spacial score (nSPS) is 10.3.